The van der Waals surface area contributed by atoms with Crippen molar-refractivity contribution in [1.82, 2.24) is 5.01 Å². The van der Waals surface area contributed by atoms with Crippen LogP contribution >= 0.6 is 0 Å². The van der Waals surface area contributed by atoms with Crippen molar-refractivity contribution < 1.29 is 19.5 Å². The Morgan fingerprint density at radius 1 is 1.00 bits per heavy atom. The quantitative estimate of drug-likeness (QED) is 0.206. The summed E-state index contributed by atoms with van der Waals surface area (Å²) in [6, 6.07) is 5.62. The number of anilines is 2. The van der Waals surface area contributed by atoms with Gasteiger partial charge in [0.25, 0.3) is 5.91 Å². The van der Waals surface area contributed by atoms with Crippen LogP contribution in [0.2, 0.25) is 0 Å². The van der Waals surface area contributed by atoms with E-state index in [9.17, 15) is 19.5 Å². The van der Waals surface area contributed by atoms with E-state index >= 15 is 0 Å². The number of allylic oxidation sites excluding steroid dienone is 2. The summed E-state index contributed by atoms with van der Waals surface area (Å²) in [5.41, 5.74) is 2.40. The molecule has 262 valence electrons. The van der Waals surface area contributed by atoms with Crippen LogP contribution in [-0.4, -0.2) is 52.6 Å². The first kappa shape index (κ1) is 35.9. The maximum atomic E-state index is 14.4. The second-order valence-electron chi connectivity index (χ2n) is 15.2. The van der Waals surface area contributed by atoms with E-state index in [0.717, 1.165) is 57.3 Å². The van der Waals surface area contributed by atoms with Crippen LogP contribution in [0.4, 0.5) is 11.4 Å². The van der Waals surface area contributed by atoms with Crippen LogP contribution in [0.15, 0.2) is 40.2 Å². The normalized spacial score (nSPS) is 24.2. The number of hydrogen-bond donors (Lipinski definition) is 2. The lowest BCUT2D eigenvalue weighted by molar-refractivity contribution is -0.130. The molecule has 0 spiro atoms. The van der Waals surface area contributed by atoms with Crippen molar-refractivity contribution in [3.05, 3.63) is 40.7 Å². The first-order valence-electron chi connectivity index (χ1n) is 18.8. The summed E-state index contributed by atoms with van der Waals surface area (Å²) in [7, 11) is 0. The Morgan fingerprint density at radius 3 is 2.29 bits per heavy atom. The molecule has 8 nitrogen and oxygen atoms in total. The average Bonchev–Trinajstić information content (AvgIpc) is 3.73. The zero-order valence-corrected chi connectivity index (χ0v) is 30.5. The van der Waals surface area contributed by atoms with E-state index in [1.165, 1.54) is 25.7 Å². The third-order valence-corrected chi connectivity index (χ3v) is 12.0. The Morgan fingerprint density at radius 2 is 1.67 bits per heavy atom. The zero-order chi connectivity index (χ0) is 34.7. The van der Waals surface area contributed by atoms with E-state index in [1.54, 1.807) is 5.01 Å². The fourth-order valence-electron chi connectivity index (χ4n) is 8.14. The Kier molecular flexibility index (Phi) is 11.2. The van der Waals surface area contributed by atoms with Crippen LogP contribution < -0.4 is 10.2 Å². The van der Waals surface area contributed by atoms with Gasteiger partial charge in [0, 0.05) is 29.8 Å². The average molecular weight is 659 g/mol. The summed E-state index contributed by atoms with van der Waals surface area (Å²) >= 11 is 0. The van der Waals surface area contributed by atoms with E-state index in [0.29, 0.717) is 47.6 Å². The van der Waals surface area contributed by atoms with Crippen molar-refractivity contribution in [1.29, 1.82) is 0 Å². The van der Waals surface area contributed by atoms with Gasteiger partial charge in [0.2, 0.25) is 11.7 Å². The predicted molar refractivity (Wildman–Crippen MR) is 195 cm³/mol. The summed E-state index contributed by atoms with van der Waals surface area (Å²) in [6.45, 7) is 16.0. The van der Waals surface area contributed by atoms with Crippen molar-refractivity contribution >= 4 is 40.3 Å². The molecule has 5 rings (SSSR count). The van der Waals surface area contributed by atoms with Gasteiger partial charge in [-0.3, -0.25) is 14.4 Å². The van der Waals surface area contributed by atoms with Gasteiger partial charge in [0.1, 0.15) is 5.76 Å². The van der Waals surface area contributed by atoms with E-state index < -0.39 is 5.41 Å². The zero-order valence-electron chi connectivity index (χ0n) is 30.5. The highest BCUT2D eigenvalue weighted by Gasteiger charge is 2.47. The number of carbonyl (C=O) groups is 3. The lowest BCUT2D eigenvalue weighted by Crippen LogP contribution is -2.44. The fraction of sp³-hybridized carbons (Fsp3) is 0.650. The largest absolute Gasteiger partial charge is 0.506 e. The molecular weight excluding hydrogens is 600 g/mol. The molecule has 0 aromatic heterocycles. The molecule has 2 amide bonds. The summed E-state index contributed by atoms with van der Waals surface area (Å²) in [5, 5.41) is 21.5. The molecule has 0 bridgehead atoms. The molecule has 1 aromatic rings. The van der Waals surface area contributed by atoms with Gasteiger partial charge in [-0.2, -0.15) is 5.10 Å². The van der Waals surface area contributed by atoms with Crippen molar-refractivity contribution in [2.45, 2.75) is 132 Å². The van der Waals surface area contributed by atoms with E-state index in [2.05, 4.69) is 37.9 Å². The third-order valence-electron chi connectivity index (χ3n) is 12.0. The Labute approximate surface area is 288 Å². The number of rotatable bonds is 13. The van der Waals surface area contributed by atoms with E-state index in [-0.39, 0.29) is 46.1 Å². The number of benzene rings is 1. The maximum Gasteiger partial charge on any atom is 0.277 e. The third kappa shape index (κ3) is 6.86. The summed E-state index contributed by atoms with van der Waals surface area (Å²) in [6.07, 6.45) is 12.3. The molecule has 0 saturated heterocycles. The Bertz CT molecular complexity index is 1490. The summed E-state index contributed by atoms with van der Waals surface area (Å²) in [4.78, 5) is 44.2. The molecule has 8 heteroatoms. The molecular formula is C40H58N4O4. The lowest BCUT2D eigenvalue weighted by Gasteiger charge is -2.38. The minimum atomic E-state index is -0.619. The van der Waals surface area contributed by atoms with Gasteiger partial charge >= 0.3 is 0 Å². The van der Waals surface area contributed by atoms with E-state index in [4.69, 9.17) is 5.10 Å². The molecule has 2 N–H and O–H groups in total. The number of carbonyl (C=O) groups excluding carboxylic acids is 3. The molecule has 3 aliphatic carbocycles. The van der Waals surface area contributed by atoms with Crippen LogP contribution in [0.25, 0.3) is 5.57 Å². The molecule has 4 aliphatic rings. The monoisotopic (exact) mass is 658 g/mol. The summed E-state index contributed by atoms with van der Waals surface area (Å²) in [5.74, 6) is 0.478. The van der Waals surface area contributed by atoms with Gasteiger partial charge in [-0.05, 0) is 81.9 Å². The molecule has 1 heterocycles. The molecule has 2 fully saturated rings. The van der Waals surface area contributed by atoms with Crippen LogP contribution in [0.3, 0.4) is 0 Å². The number of amides is 2. The molecule has 1 aliphatic heterocycles. The molecule has 1 aromatic carbocycles. The van der Waals surface area contributed by atoms with Crippen molar-refractivity contribution in [3.63, 3.8) is 0 Å². The molecule has 3 unspecified atom stereocenters. The van der Waals surface area contributed by atoms with E-state index in [1.807, 2.05) is 39.0 Å². The second-order valence-corrected chi connectivity index (χ2v) is 15.2. The molecule has 0 radical (unpaired) electrons. The summed E-state index contributed by atoms with van der Waals surface area (Å²) < 4.78 is 0. The highest BCUT2D eigenvalue weighted by molar-refractivity contribution is 6.44. The SMILES string of the molecule is CCC(C)C1CCCCC1N1N=C(CCC2CCCC2)/C(=C2/C(=O)C(c3ccc(N(CC)CC)cc3NC(=O)C(C)(C)CC)=C2O)C1=O. The van der Waals surface area contributed by atoms with Crippen molar-refractivity contribution in [3.8, 4) is 0 Å². The second kappa shape index (κ2) is 15.0. The Hall–Kier alpha value is -3.42. The number of hydrazone groups is 1. The van der Waals surface area contributed by atoms with Gasteiger partial charge in [0.15, 0.2) is 0 Å². The first-order chi connectivity index (χ1) is 23.0. The lowest BCUT2D eigenvalue weighted by atomic mass is 9.75. The Balaban J connectivity index is 1.57. The van der Waals surface area contributed by atoms with Crippen LogP contribution in [0.1, 0.15) is 131 Å². The smallest absolute Gasteiger partial charge is 0.277 e. The van der Waals surface area contributed by atoms with Gasteiger partial charge < -0.3 is 15.3 Å². The van der Waals surface area contributed by atoms with Crippen LogP contribution in [0, 0.1) is 23.2 Å². The maximum absolute atomic E-state index is 14.4. The number of nitrogens with one attached hydrogen (secondary N) is 1. The highest BCUT2D eigenvalue weighted by Crippen LogP contribution is 2.45. The first-order valence-corrected chi connectivity index (χ1v) is 18.8. The van der Waals surface area contributed by atoms with Crippen LogP contribution in [0.5, 0.6) is 0 Å². The van der Waals surface area contributed by atoms with Gasteiger partial charge in [-0.15, -0.1) is 0 Å². The standard InChI is InChI=1S/C40H58N4O4/c1-8-25(5)28-18-14-15-19-32(28)44-38(47)34(30(42-44)23-20-26-16-12-13-17-26)35-36(45)33(37(35)46)29-22-21-27(43(10-3)11-4)24-31(29)41-39(48)40(6,7)9-2/h21-22,24-26,28,32,45H,8-20,23H2,1-7H3,(H,41,48)/b35-34-. The van der Waals surface area contributed by atoms with Gasteiger partial charge in [-0.25, -0.2) is 5.01 Å². The number of aliphatic hydroxyl groups is 1. The number of hydrogen-bond acceptors (Lipinski definition) is 6. The molecule has 3 atom stereocenters. The van der Waals surface area contributed by atoms with Gasteiger partial charge in [0.05, 0.1) is 34.2 Å². The van der Waals surface area contributed by atoms with Crippen molar-refractivity contribution in [2.24, 2.45) is 28.3 Å². The minimum Gasteiger partial charge on any atom is -0.506 e. The highest BCUT2D eigenvalue weighted by atomic mass is 16.3. The predicted octanol–water partition coefficient (Wildman–Crippen LogP) is 8.83. The fourth-order valence-corrected chi connectivity index (χ4v) is 8.14. The topological polar surface area (TPSA) is 102 Å². The van der Waals surface area contributed by atoms with Crippen molar-refractivity contribution in [2.75, 3.05) is 23.3 Å². The number of aliphatic hydroxyl groups excluding tert-OH is 1. The number of Topliss-reactive ketones (excluding diaryl/α,β-unsaturated/α-hetero) is 1. The molecule has 48 heavy (non-hydrogen) atoms. The van der Waals surface area contributed by atoms with Crippen LogP contribution in [-0.2, 0) is 14.4 Å². The molecule has 2 saturated carbocycles. The number of ketones is 1. The van der Waals surface area contributed by atoms with Gasteiger partial charge in [-0.1, -0.05) is 79.6 Å². The minimum absolute atomic E-state index is 0.00194. The number of nitrogens with zero attached hydrogens (tertiary/aromatic N) is 3.